The lowest BCUT2D eigenvalue weighted by Gasteiger charge is -2.42. The van der Waals surface area contributed by atoms with Crippen LogP contribution in [-0.2, 0) is 33.8 Å². The van der Waals surface area contributed by atoms with Gasteiger partial charge in [-0.25, -0.2) is 8.78 Å². The van der Waals surface area contributed by atoms with Gasteiger partial charge in [0.2, 0.25) is 5.91 Å². The molecule has 224 valence electrons. The first-order chi connectivity index (χ1) is 19.5. The number of aliphatic hydroxyl groups excluding tert-OH is 1. The largest absolute Gasteiger partial charge is 0.390 e. The van der Waals surface area contributed by atoms with Gasteiger partial charge in [0.1, 0.15) is 18.2 Å². The summed E-state index contributed by atoms with van der Waals surface area (Å²) in [7, 11) is 0. The van der Waals surface area contributed by atoms with Gasteiger partial charge >= 0.3 is 11.8 Å². The Morgan fingerprint density at radius 3 is 2.34 bits per heavy atom. The van der Waals surface area contributed by atoms with Crippen LogP contribution in [0.3, 0.4) is 0 Å². The van der Waals surface area contributed by atoms with Crippen LogP contribution in [0.2, 0.25) is 0 Å². The summed E-state index contributed by atoms with van der Waals surface area (Å²) in [6.07, 6.45) is 0.456. The van der Waals surface area contributed by atoms with Crippen molar-refractivity contribution >= 4 is 17.7 Å². The molecule has 10 heteroatoms. The summed E-state index contributed by atoms with van der Waals surface area (Å²) in [4.78, 5) is 41.6. The molecular formula is C31H42F2N4O4. The Morgan fingerprint density at radius 1 is 1.02 bits per heavy atom. The minimum absolute atomic E-state index is 0.0413. The zero-order valence-corrected chi connectivity index (χ0v) is 24.3. The lowest BCUT2D eigenvalue weighted by Crippen LogP contribution is -2.63. The van der Waals surface area contributed by atoms with Crippen LogP contribution in [-0.4, -0.2) is 77.0 Å². The molecule has 0 spiro atoms. The number of amides is 3. The van der Waals surface area contributed by atoms with E-state index < -0.39 is 41.5 Å². The van der Waals surface area contributed by atoms with E-state index in [0.717, 1.165) is 30.2 Å². The second-order valence-corrected chi connectivity index (χ2v) is 11.0. The second-order valence-electron chi connectivity index (χ2n) is 11.0. The first-order valence-electron chi connectivity index (χ1n) is 14.3. The highest BCUT2D eigenvalue weighted by atomic mass is 19.1. The van der Waals surface area contributed by atoms with Crippen LogP contribution >= 0.6 is 0 Å². The summed E-state index contributed by atoms with van der Waals surface area (Å²) < 4.78 is 27.8. The van der Waals surface area contributed by atoms with Gasteiger partial charge in [0.05, 0.1) is 18.2 Å². The lowest BCUT2D eigenvalue weighted by molar-refractivity contribution is -0.161. The first kappa shape index (κ1) is 32.1. The number of carbonyl (C=O) groups is 3. The third-order valence-corrected chi connectivity index (χ3v) is 7.38. The molecule has 3 atom stereocenters. The third-order valence-electron chi connectivity index (χ3n) is 7.38. The van der Waals surface area contributed by atoms with Crippen molar-refractivity contribution in [3.63, 3.8) is 0 Å². The first-order valence-corrected chi connectivity index (χ1v) is 14.3. The van der Waals surface area contributed by atoms with Crippen molar-refractivity contribution in [2.75, 3.05) is 26.2 Å². The predicted octanol–water partition coefficient (Wildman–Crippen LogP) is 2.81. The van der Waals surface area contributed by atoms with Crippen LogP contribution in [0, 0.1) is 17.6 Å². The van der Waals surface area contributed by atoms with Crippen molar-refractivity contribution in [1.82, 2.24) is 20.4 Å². The van der Waals surface area contributed by atoms with Crippen molar-refractivity contribution in [2.24, 2.45) is 5.92 Å². The van der Waals surface area contributed by atoms with E-state index in [-0.39, 0.29) is 43.6 Å². The highest BCUT2D eigenvalue weighted by Gasteiger charge is 2.40. The quantitative estimate of drug-likeness (QED) is 0.302. The van der Waals surface area contributed by atoms with Gasteiger partial charge in [-0.1, -0.05) is 52.0 Å². The van der Waals surface area contributed by atoms with E-state index in [0.29, 0.717) is 19.5 Å². The maximum atomic E-state index is 13.9. The normalized spacial score (nSPS) is 17.2. The summed E-state index contributed by atoms with van der Waals surface area (Å²) in [5, 5.41) is 17.0. The number of carbonyl (C=O) groups excluding carboxylic acids is 3. The van der Waals surface area contributed by atoms with E-state index in [9.17, 15) is 28.3 Å². The number of piperazine rings is 1. The smallest absolute Gasteiger partial charge is 0.312 e. The van der Waals surface area contributed by atoms with Crippen molar-refractivity contribution in [3.05, 3.63) is 70.8 Å². The van der Waals surface area contributed by atoms with Gasteiger partial charge in [0, 0.05) is 32.2 Å². The molecule has 0 aromatic heterocycles. The Labute approximate surface area is 241 Å². The summed E-state index contributed by atoms with van der Waals surface area (Å²) in [5.41, 5.74) is 2.49. The zero-order chi connectivity index (χ0) is 30.1. The number of nitrogens with one attached hydrogen (secondary N) is 2. The standard InChI is InChI=1S/C31H42F2N4O4/c1-5-10-37-27(20(3)4)18-36(30(40)31(37)41)19-29(39)35-26(14-23-12-24(32)15-25(33)13-23)28(38)17-34-16-22-9-7-8-21(6-2)11-22/h7-9,11-13,15,20,26-28,34,38H,5-6,10,14,16-19H2,1-4H3,(H,35,39)/t26-,27+,28-/m0/s1. The Hall–Kier alpha value is -3.37. The van der Waals surface area contributed by atoms with Crippen LogP contribution in [0.1, 0.15) is 50.8 Å². The average molecular weight is 573 g/mol. The molecule has 41 heavy (non-hydrogen) atoms. The Bertz CT molecular complexity index is 1190. The fourth-order valence-electron chi connectivity index (χ4n) is 5.19. The fourth-order valence-corrected chi connectivity index (χ4v) is 5.19. The van der Waals surface area contributed by atoms with E-state index in [1.807, 2.05) is 39.0 Å². The van der Waals surface area contributed by atoms with Gasteiger partial charge in [-0.2, -0.15) is 0 Å². The van der Waals surface area contributed by atoms with Crippen LogP contribution in [0.5, 0.6) is 0 Å². The number of benzene rings is 2. The van der Waals surface area contributed by atoms with Crippen LogP contribution in [0.15, 0.2) is 42.5 Å². The van der Waals surface area contributed by atoms with Crippen LogP contribution < -0.4 is 10.6 Å². The minimum atomic E-state index is -1.11. The van der Waals surface area contributed by atoms with E-state index in [2.05, 4.69) is 23.6 Å². The molecule has 1 aliphatic heterocycles. The van der Waals surface area contributed by atoms with Gasteiger partial charge in [-0.15, -0.1) is 0 Å². The second kappa shape index (κ2) is 15.0. The molecule has 3 amide bonds. The molecule has 3 rings (SSSR count). The number of aryl methyl sites for hydroxylation is 1. The number of rotatable bonds is 14. The predicted molar refractivity (Wildman–Crippen MR) is 153 cm³/mol. The molecule has 0 bridgehead atoms. The maximum absolute atomic E-state index is 13.9. The van der Waals surface area contributed by atoms with Crippen molar-refractivity contribution in [1.29, 1.82) is 0 Å². The topological polar surface area (TPSA) is 102 Å². The molecule has 1 saturated heterocycles. The highest BCUT2D eigenvalue weighted by molar-refractivity contribution is 6.35. The zero-order valence-electron chi connectivity index (χ0n) is 24.3. The highest BCUT2D eigenvalue weighted by Crippen LogP contribution is 2.20. The molecule has 0 saturated carbocycles. The Kier molecular flexibility index (Phi) is 11.8. The molecule has 3 N–H and O–H groups in total. The molecule has 0 aliphatic carbocycles. The maximum Gasteiger partial charge on any atom is 0.312 e. The molecule has 1 fully saturated rings. The van der Waals surface area contributed by atoms with Crippen LogP contribution in [0.4, 0.5) is 8.78 Å². The number of halogens is 2. The Balaban J connectivity index is 1.70. The number of aliphatic hydroxyl groups is 1. The summed E-state index contributed by atoms with van der Waals surface area (Å²) in [6.45, 7) is 8.81. The van der Waals surface area contributed by atoms with Gasteiger partial charge in [0.25, 0.3) is 0 Å². The summed E-state index contributed by atoms with van der Waals surface area (Å²) >= 11 is 0. The molecular weight excluding hydrogens is 530 g/mol. The molecule has 0 radical (unpaired) electrons. The van der Waals surface area contributed by atoms with Crippen molar-refractivity contribution < 1.29 is 28.3 Å². The van der Waals surface area contributed by atoms with Crippen LogP contribution in [0.25, 0.3) is 0 Å². The molecule has 8 nitrogen and oxygen atoms in total. The van der Waals surface area contributed by atoms with Gasteiger partial charge in [-0.3, -0.25) is 14.4 Å². The molecule has 0 unspecified atom stereocenters. The summed E-state index contributed by atoms with van der Waals surface area (Å²) in [5.74, 6) is -3.40. The van der Waals surface area contributed by atoms with E-state index in [4.69, 9.17) is 0 Å². The molecule has 2 aromatic rings. The SMILES string of the molecule is CCCN1C(=O)C(=O)N(CC(=O)N[C@@H](Cc2cc(F)cc(F)c2)[C@@H](O)CNCc2cccc(CC)c2)C[C@@H]1C(C)C. The number of hydrogen-bond donors (Lipinski definition) is 3. The minimum Gasteiger partial charge on any atom is -0.390 e. The van der Waals surface area contributed by atoms with Gasteiger partial charge < -0.3 is 25.5 Å². The van der Waals surface area contributed by atoms with Crippen molar-refractivity contribution in [3.8, 4) is 0 Å². The fraction of sp³-hybridized carbons (Fsp3) is 0.516. The molecule has 1 heterocycles. The molecule has 2 aromatic carbocycles. The van der Waals surface area contributed by atoms with E-state index >= 15 is 0 Å². The monoisotopic (exact) mass is 572 g/mol. The van der Waals surface area contributed by atoms with E-state index in [1.165, 1.54) is 10.5 Å². The lowest BCUT2D eigenvalue weighted by atomic mass is 9.98. The van der Waals surface area contributed by atoms with Crippen molar-refractivity contribution in [2.45, 2.75) is 71.7 Å². The average Bonchev–Trinajstić information content (AvgIpc) is 2.91. The van der Waals surface area contributed by atoms with Gasteiger partial charge in [-0.05, 0) is 54.0 Å². The van der Waals surface area contributed by atoms with E-state index in [1.54, 1.807) is 4.90 Å². The Morgan fingerprint density at radius 2 is 1.71 bits per heavy atom. The number of nitrogens with zero attached hydrogens (tertiary/aromatic N) is 2. The summed E-state index contributed by atoms with van der Waals surface area (Å²) in [6, 6.07) is 9.96. The van der Waals surface area contributed by atoms with Gasteiger partial charge in [0.15, 0.2) is 0 Å². The molecule has 1 aliphatic rings. The third kappa shape index (κ3) is 9.06. The number of hydrogen-bond acceptors (Lipinski definition) is 5.